The molecule has 0 saturated carbocycles. The maximum absolute atomic E-state index is 9.70. The minimum atomic E-state index is -0.233. The molecule has 0 bridgehead atoms. The van der Waals surface area contributed by atoms with Crippen LogP contribution in [0, 0.1) is 5.92 Å². The molecule has 2 rings (SSSR count). The maximum atomic E-state index is 9.70. The van der Waals surface area contributed by atoms with E-state index in [0.717, 1.165) is 25.3 Å². The summed E-state index contributed by atoms with van der Waals surface area (Å²) in [7, 11) is 0. The van der Waals surface area contributed by atoms with E-state index in [1.165, 1.54) is 6.20 Å². The summed E-state index contributed by atoms with van der Waals surface area (Å²) < 4.78 is 5.23. The van der Waals surface area contributed by atoms with Crippen molar-refractivity contribution < 1.29 is 14.9 Å². The standard InChI is InChI=1S/C12H19N3O3/c1-9-8-15(3-2-10(9)17)11-6-13-7-12(14-11)18-5-4-16/h6-7,9-10,16-17H,2-5,8H2,1H3. The smallest absolute Gasteiger partial charge is 0.234 e. The quantitative estimate of drug-likeness (QED) is 0.789. The van der Waals surface area contributed by atoms with Crippen LogP contribution in [0.1, 0.15) is 13.3 Å². The van der Waals surface area contributed by atoms with Crippen molar-refractivity contribution in [3.05, 3.63) is 12.4 Å². The molecule has 0 radical (unpaired) electrons. The van der Waals surface area contributed by atoms with Gasteiger partial charge in [-0.25, -0.2) is 0 Å². The third-order valence-corrected chi connectivity index (χ3v) is 3.12. The molecule has 1 aliphatic rings. The molecule has 1 saturated heterocycles. The van der Waals surface area contributed by atoms with Gasteiger partial charge in [0.25, 0.3) is 0 Å². The van der Waals surface area contributed by atoms with Gasteiger partial charge in [-0.1, -0.05) is 6.92 Å². The molecule has 0 spiro atoms. The van der Waals surface area contributed by atoms with E-state index >= 15 is 0 Å². The fraction of sp³-hybridized carbons (Fsp3) is 0.667. The Kier molecular flexibility index (Phi) is 4.33. The van der Waals surface area contributed by atoms with Crippen LogP contribution in [0.5, 0.6) is 5.88 Å². The molecule has 1 fully saturated rings. The monoisotopic (exact) mass is 253 g/mol. The zero-order valence-electron chi connectivity index (χ0n) is 10.5. The summed E-state index contributed by atoms with van der Waals surface area (Å²) >= 11 is 0. The van der Waals surface area contributed by atoms with E-state index in [0.29, 0.717) is 5.88 Å². The zero-order valence-corrected chi connectivity index (χ0v) is 10.5. The Morgan fingerprint density at radius 2 is 2.33 bits per heavy atom. The lowest BCUT2D eigenvalue weighted by Crippen LogP contribution is -2.42. The predicted octanol–water partition coefficient (Wildman–Crippen LogP) is 0.0548. The molecule has 1 aliphatic heterocycles. The highest BCUT2D eigenvalue weighted by molar-refractivity contribution is 5.38. The van der Waals surface area contributed by atoms with Crippen LogP contribution in [0.15, 0.2) is 12.4 Å². The predicted molar refractivity (Wildman–Crippen MR) is 66.6 cm³/mol. The lowest BCUT2D eigenvalue weighted by atomic mass is 9.97. The molecule has 2 heterocycles. The van der Waals surface area contributed by atoms with Gasteiger partial charge in [0.1, 0.15) is 6.61 Å². The van der Waals surface area contributed by atoms with Crippen molar-refractivity contribution in [1.82, 2.24) is 9.97 Å². The van der Waals surface area contributed by atoms with Gasteiger partial charge in [-0.05, 0) is 12.3 Å². The van der Waals surface area contributed by atoms with Gasteiger partial charge in [0.15, 0.2) is 5.82 Å². The number of rotatable bonds is 4. The first-order chi connectivity index (χ1) is 8.70. The number of hydrogen-bond donors (Lipinski definition) is 2. The molecule has 0 amide bonds. The highest BCUT2D eigenvalue weighted by Crippen LogP contribution is 2.22. The average molecular weight is 253 g/mol. The maximum Gasteiger partial charge on any atom is 0.234 e. The minimum absolute atomic E-state index is 0.0428. The summed E-state index contributed by atoms with van der Waals surface area (Å²) in [5, 5.41) is 18.4. The van der Waals surface area contributed by atoms with Crippen molar-refractivity contribution >= 4 is 5.82 Å². The first-order valence-corrected chi connectivity index (χ1v) is 6.19. The van der Waals surface area contributed by atoms with Gasteiger partial charge in [0.05, 0.1) is 25.1 Å². The zero-order chi connectivity index (χ0) is 13.0. The number of piperidine rings is 1. The van der Waals surface area contributed by atoms with E-state index in [1.807, 2.05) is 6.92 Å². The molecule has 1 aromatic rings. The second-order valence-electron chi connectivity index (χ2n) is 4.57. The van der Waals surface area contributed by atoms with Crippen molar-refractivity contribution in [3.63, 3.8) is 0 Å². The fourth-order valence-corrected chi connectivity index (χ4v) is 2.05. The number of hydrogen-bond acceptors (Lipinski definition) is 6. The Labute approximate surface area is 106 Å². The molecule has 0 aliphatic carbocycles. The molecule has 6 heteroatoms. The van der Waals surface area contributed by atoms with Crippen LogP contribution < -0.4 is 9.64 Å². The van der Waals surface area contributed by atoms with Crippen molar-refractivity contribution in [2.24, 2.45) is 5.92 Å². The number of nitrogens with zero attached hydrogens (tertiary/aromatic N) is 3. The van der Waals surface area contributed by atoms with Crippen molar-refractivity contribution in [2.75, 3.05) is 31.2 Å². The lowest BCUT2D eigenvalue weighted by Gasteiger charge is -2.34. The minimum Gasteiger partial charge on any atom is -0.474 e. The summed E-state index contributed by atoms with van der Waals surface area (Å²) in [4.78, 5) is 10.5. The molecule has 2 atom stereocenters. The van der Waals surface area contributed by atoms with Crippen LogP contribution in [0.3, 0.4) is 0 Å². The Morgan fingerprint density at radius 1 is 1.50 bits per heavy atom. The molecule has 100 valence electrons. The molecule has 0 aromatic carbocycles. The van der Waals surface area contributed by atoms with E-state index in [9.17, 15) is 5.11 Å². The Morgan fingerprint density at radius 3 is 3.06 bits per heavy atom. The lowest BCUT2D eigenvalue weighted by molar-refractivity contribution is 0.0968. The van der Waals surface area contributed by atoms with Crippen LogP contribution >= 0.6 is 0 Å². The molecule has 6 nitrogen and oxygen atoms in total. The highest BCUT2D eigenvalue weighted by atomic mass is 16.5. The molecular weight excluding hydrogens is 234 g/mol. The van der Waals surface area contributed by atoms with E-state index in [2.05, 4.69) is 14.9 Å². The second kappa shape index (κ2) is 5.97. The Hall–Kier alpha value is -1.40. The summed E-state index contributed by atoms with van der Waals surface area (Å²) in [5.74, 6) is 1.40. The van der Waals surface area contributed by atoms with E-state index < -0.39 is 0 Å². The van der Waals surface area contributed by atoms with Crippen LogP contribution in [0.25, 0.3) is 0 Å². The topological polar surface area (TPSA) is 78.7 Å². The first-order valence-electron chi connectivity index (χ1n) is 6.19. The summed E-state index contributed by atoms with van der Waals surface area (Å²) in [6, 6.07) is 0. The summed E-state index contributed by atoms with van der Waals surface area (Å²) in [6.45, 7) is 3.73. The van der Waals surface area contributed by atoms with Crippen molar-refractivity contribution in [1.29, 1.82) is 0 Å². The number of ether oxygens (including phenoxy) is 1. The van der Waals surface area contributed by atoms with Gasteiger partial charge in [0.2, 0.25) is 5.88 Å². The van der Waals surface area contributed by atoms with Gasteiger partial charge < -0.3 is 19.8 Å². The number of aliphatic hydroxyl groups is 2. The largest absolute Gasteiger partial charge is 0.474 e. The third-order valence-electron chi connectivity index (χ3n) is 3.12. The van der Waals surface area contributed by atoms with E-state index in [-0.39, 0.29) is 25.2 Å². The second-order valence-corrected chi connectivity index (χ2v) is 4.57. The van der Waals surface area contributed by atoms with Gasteiger partial charge in [-0.2, -0.15) is 4.98 Å². The first kappa shape index (κ1) is 13.0. The van der Waals surface area contributed by atoms with E-state index in [4.69, 9.17) is 9.84 Å². The SMILES string of the molecule is CC1CN(c2cncc(OCCO)n2)CCC1O. The van der Waals surface area contributed by atoms with Gasteiger partial charge >= 0.3 is 0 Å². The summed E-state index contributed by atoms with van der Waals surface area (Å²) in [5.41, 5.74) is 0. The highest BCUT2D eigenvalue weighted by Gasteiger charge is 2.25. The van der Waals surface area contributed by atoms with Crippen LogP contribution in [-0.2, 0) is 0 Å². The molecule has 2 unspecified atom stereocenters. The number of aliphatic hydroxyl groups excluding tert-OH is 2. The normalized spacial score (nSPS) is 24.1. The molecular formula is C12H19N3O3. The average Bonchev–Trinajstić information content (AvgIpc) is 2.40. The van der Waals surface area contributed by atoms with Crippen LogP contribution in [0.4, 0.5) is 5.82 Å². The summed E-state index contributed by atoms with van der Waals surface area (Å²) in [6.07, 6.45) is 3.73. The van der Waals surface area contributed by atoms with Gasteiger partial charge in [-0.15, -0.1) is 0 Å². The van der Waals surface area contributed by atoms with Crippen LogP contribution in [-0.4, -0.2) is 52.6 Å². The molecule has 2 N–H and O–H groups in total. The van der Waals surface area contributed by atoms with E-state index in [1.54, 1.807) is 6.20 Å². The fourth-order valence-electron chi connectivity index (χ4n) is 2.05. The molecule has 18 heavy (non-hydrogen) atoms. The van der Waals surface area contributed by atoms with Crippen molar-refractivity contribution in [2.45, 2.75) is 19.4 Å². The van der Waals surface area contributed by atoms with Gasteiger partial charge in [-0.3, -0.25) is 4.98 Å². The van der Waals surface area contributed by atoms with Crippen molar-refractivity contribution in [3.8, 4) is 5.88 Å². The number of aromatic nitrogens is 2. The number of anilines is 1. The Balaban J connectivity index is 2.04. The third kappa shape index (κ3) is 3.08. The Bertz CT molecular complexity index is 389. The van der Waals surface area contributed by atoms with Crippen LogP contribution in [0.2, 0.25) is 0 Å². The van der Waals surface area contributed by atoms with Gasteiger partial charge in [0, 0.05) is 13.1 Å². The molecule has 1 aromatic heterocycles.